The maximum absolute atomic E-state index is 14.8. The van der Waals surface area contributed by atoms with Crippen molar-refractivity contribution < 1.29 is 7.08 Å². The van der Waals surface area contributed by atoms with E-state index in [-0.39, 0.29) is 11.4 Å². The summed E-state index contributed by atoms with van der Waals surface area (Å²) in [5, 5.41) is 2.82. The maximum atomic E-state index is 14.8. The van der Waals surface area contributed by atoms with Crippen LogP contribution in [0.1, 0.15) is 0 Å². The predicted octanol–water partition coefficient (Wildman–Crippen LogP) is 4.27. The minimum atomic E-state index is -4.27. The first-order valence-electron chi connectivity index (χ1n) is 9.22. The molecule has 0 aliphatic heterocycles. The number of nitroso groups, excluding NO2 is 1. The molecule has 142 valence electrons. The van der Waals surface area contributed by atoms with E-state index in [1.165, 1.54) is 12.1 Å². The molecule has 0 aliphatic rings. The van der Waals surface area contributed by atoms with Crippen LogP contribution in [0.15, 0.2) is 114 Å². The second-order valence-corrected chi connectivity index (χ2v) is 19.4. The van der Waals surface area contributed by atoms with Gasteiger partial charge in [0.2, 0.25) is 0 Å². The Kier molecular flexibility index (Phi) is 5.80. The topological polar surface area (TPSA) is 38.7 Å². The van der Waals surface area contributed by atoms with Gasteiger partial charge in [0.25, 0.3) is 0 Å². The monoisotopic (exact) mass is 579 g/mol. The standard InChI is InChI=1S/C6H4FNO2.3C6H5.Pb/c7-5-3-4(8-10)1-2-6(5)9;3*1-2-4-6-5-3-1;/h1-3,9H;3*1-5H;/q;;;;+1/p-1. The van der Waals surface area contributed by atoms with Gasteiger partial charge in [-0.2, -0.15) is 0 Å². The van der Waals surface area contributed by atoms with Crippen molar-refractivity contribution in [3.8, 4) is 5.75 Å². The van der Waals surface area contributed by atoms with Crippen molar-refractivity contribution in [1.82, 2.24) is 0 Å². The predicted molar refractivity (Wildman–Crippen MR) is 116 cm³/mol. The molecule has 0 heterocycles. The van der Waals surface area contributed by atoms with Crippen LogP contribution in [-0.4, -0.2) is 21.6 Å². The van der Waals surface area contributed by atoms with E-state index in [1.807, 2.05) is 54.6 Å². The van der Waals surface area contributed by atoms with E-state index < -0.39 is 27.4 Å². The molecule has 0 aromatic heterocycles. The summed E-state index contributed by atoms with van der Waals surface area (Å²) in [7, 11) is 0. The van der Waals surface area contributed by atoms with E-state index in [0.29, 0.717) is 0 Å². The van der Waals surface area contributed by atoms with Gasteiger partial charge in [0.05, 0.1) is 0 Å². The van der Waals surface area contributed by atoms with E-state index >= 15 is 0 Å². The summed E-state index contributed by atoms with van der Waals surface area (Å²) in [6.45, 7) is 0. The van der Waals surface area contributed by atoms with Crippen LogP contribution in [-0.2, 0) is 0 Å². The average molecular weight is 579 g/mol. The quantitative estimate of drug-likeness (QED) is 0.253. The minimum absolute atomic E-state index is 0.0382. The van der Waals surface area contributed by atoms with Crippen LogP contribution in [0.3, 0.4) is 0 Å². The number of halogens is 1. The number of nitrogens with zero attached hydrogens (tertiary/aromatic N) is 1. The number of benzene rings is 4. The molecule has 0 radical (unpaired) electrons. The molecular formula is C24H18FNO2Pb. The van der Waals surface area contributed by atoms with E-state index in [1.54, 1.807) is 0 Å². The Morgan fingerprint density at radius 3 is 1.48 bits per heavy atom. The van der Waals surface area contributed by atoms with Gasteiger partial charge >= 0.3 is 175 Å². The van der Waals surface area contributed by atoms with Gasteiger partial charge in [-0.15, -0.1) is 0 Å². The summed E-state index contributed by atoms with van der Waals surface area (Å²) in [6.07, 6.45) is 0. The van der Waals surface area contributed by atoms with Gasteiger partial charge in [0.1, 0.15) is 0 Å². The van der Waals surface area contributed by atoms with E-state index in [9.17, 15) is 9.30 Å². The molecular weight excluding hydrogens is 560 g/mol. The number of hydrogen-bond donors (Lipinski definition) is 0. The van der Waals surface area contributed by atoms with E-state index in [0.717, 1.165) is 15.4 Å². The van der Waals surface area contributed by atoms with Crippen LogP contribution in [0.25, 0.3) is 0 Å². The molecule has 0 aliphatic carbocycles. The third-order valence-electron chi connectivity index (χ3n) is 4.82. The number of hydrogen-bond acceptors (Lipinski definition) is 3. The molecule has 4 aromatic carbocycles. The zero-order valence-corrected chi connectivity index (χ0v) is 19.4. The molecule has 0 unspecified atom stereocenters. The van der Waals surface area contributed by atoms with Crippen LogP contribution < -0.4 is 12.1 Å². The molecule has 0 atom stereocenters. The Bertz CT molecular complexity index is 1010. The van der Waals surface area contributed by atoms with Crippen molar-refractivity contribution in [3.05, 3.63) is 120 Å². The first-order chi connectivity index (χ1) is 14.2. The van der Waals surface area contributed by atoms with Crippen molar-refractivity contribution in [1.29, 1.82) is 0 Å². The SMILES string of the molecule is O=Nc1ccc([O][Pb]([c]2ccccc2)([c]2ccccc2)[c]2ccccc2)c(F)c1. The zero-order valence-electron chi connectivity index (χ0n) is 15.5. The molecule has 29 heavy (non-hydrogen) atoms. The molecule has 0 spiro atoms. The third-order valence-corrected chi connectivity index (χ3v) is 20.2. The number of rotatable bonds is 6. The van der Waals surface area contributed by atoms with Gasteiger partial charge < -0.3 is 0 Å². The van der Waals surface area contributed by atoms with Crippen molar-refractivity contribution in [2.45, 2.75) is 0 Å². The van der Waals surface area contributed by atoms with Crippen molar-refractivity contribution >= 4 is 36.7 Å². The Hall–Kier alpha value is -2.87. The summed E-state index contributed by atoms with van der Waals surface area (Å²) in [4.78, 5) is 10.8. The molecule has 0 fully saturated rings. The van der Waals surface area contributed by atoms with Crippen molar-refractivity contribution in [2.24, 2.45) is 5.18 Å². The molecule has 4 rings (SSSR count). The van der Waals surface area contributed by atoms with Crippen LogP contribution in [0.2, 0.25) is 0 Å². The van der Waals surface area contributed by atoms with Crippen LogP contribution in [0.4, 0.5) is 10.1 Å². The molecule has 0 amide bonds. The summed E-state index contributed by atoms with van der Waals surface area (Å²) in [5.74, 6) is -0.454. The van der Waals surface area contributed by atoms with Gasteiger partial charge in [0, 0.05) is 0 Å². The fourth-order valence-corrected chi connectivity index (χ4v) is 18.4. The first kappa shape index (κ1) is 19.4. The third kappa shape index (κ3) is 3.85. The van der Waals surface area contributed by atoms with E-state index in [2.05, 4.69) is 41.6 Å². The van der Waals surface area contributed by atoms with Crippen molar-refractivity contribution in [2.75, 3.05) is 0 Å². The van der Waals surface area contributed by atoms with Crippen LogP contribution in [0, 0.1) is 10.7 Å². The van der Waals surface area contributed by atoms with Crippen LogP contribution in [0.5, 0.6) is 5.75 Å². The Morgan fingerprint density at radius 1 is 0.655 bits per heavy atom. The van der Waals surface area contributed by atoms with Crippen LogP contribution >= 0.6 is 0 Å². The van der Waals surface area contributed by atoms with Crippen molar-refractivity contribution in [3.63, 3.8) is 0 Å². The summed E-state index contributed by atoms with van der Waals surface area (Å²) >= 11 is -4.27. The van der Waals surface area contributed by atoms with Gasteiger partial charge in [-0.1, -0.05) is 0 Å². The normalized spacial score (nSPS) is 11.1. The van der Waals surface area contributed by atoms with Gasteiger partial charge in [0.15, 0.2) is 0 Å². The first-order valence-corrected chi connectivity index (χ1v) is 16.6. The average Bonchev–Trinajstić information content (AvgIpc) is 2.80. The fraction of sp³-hybridized carbons (Fsp3) is 0. The molecule has 0 bridgehead atoms. The van der Waals surface area contributed by atoms with Gasteiger partial charge in [-0.05, 0) is 0 Å². The van der Waals surface area contributed by atoms with E-state index in [4.69, 9.17) is 2.69 Å². The summed E-state index contributed by atoms with van der Waals surface area (Å²) < 4.78 is 24.8. The summed E-state index contributed by atoms with van der Waals surface area (Å²) in [5.41, 5.74) is 0.0382. The van der Waals surface area contributed by atoms with Gasteiger partial charge in [-0.3, -0.25) is 0 Å². The summed E-state index contributed by atoms with van der Waals surface area (Å²) in [6, 6.07) is 34.2. The molecule has 4 aromatic rings. The molecule has 0 saturated heterocycles. The Morgan fingerprint density at radius 2 is 1.10 bits per heavy atom. The van der Waals surface area contributed by atoms with Gasteiger partial charge in [-0.25, -0.2) is 0 Å². The Labute approximate surface area is 174 Å². The fourth-order valence-electron chi connectivity index (χ4n) is 3.49. The zero-order chi connectivity index (χ0) is 20.1. The second-order valence-electron chi connectivity index (χ2n) is 6.59. The Balaban J connectivity index is 1.99. The molecule has 0 saturated carbocycles. The molecule has 0 N–H and O–H groups in total. The second kappa shape index (κ2) is 8.65. The molecule has 5 heteroatoms. The molecule has 3 nitrogen and oxygen atoms in total.